The van der Waals surface area contributed by atoms with E-state index in [-0.39, 0.29) is 17.9 Å². The monoisotopic (exact) mass is 363 g/mol. The Balaban J connectivity index is 1.42. The smallest absolute Gasteiger partial charge is 0.230 e. The molecule has 2 bridgehead atoms. The molecule has 0 radical (unpaired) electrons. The number of nitrogens with zero attached hydrogens (tertiary/aromatic N) is 3. The van der Waals surface area contributed by atoms with Crippen LogP contribution < -0.4 is 11.1 Å². The second-order valence-electron chi connectivity index (χ2n) is 6.73. The summed E-state index contributed by atoms with van der Waals surface area (Å²) in [6, 6.07) is 0. The molecule has 4 rings (SSSR count). The first-order valence-electron chi connectivity index (χ1n) is 8.55. The quantitative estimate of drug-likeness (QED) is 0.687. The van der Waals surface area contributed by atoms with Gasteiger partial charge in [-0.2, -0.15) is 0 Å². The number of hydrogen-bond donors (Lipinski definition) is 2. The van der Waals surface area contributed by atoms with Crippen molar-refractivity contribution in [2.45, 2.75) is 31.5 Å². The van der Waals surface area contributed by atoms with Gasteiger partial charge in [0, 0.05) is 19.5 Å². The molecule has 0 aromatic carbocycles. The standard InChI is InChI=1S/C16H21N5O3S/c1-2-7-21-8-16-5-3-9(24-16)11(12(16)14(21)23)13(22)18-6-4-10-19-20-15(17)25-10/h3,5,9,11-12H,2,4,6-8H2,1H3,(H2,17,20)(H,18,22)/t9-,11-,12+,16-/m0/s1. The van der Waals surface area contributed by atoms with Crippen molar-refractivity contribution < 1.29 is 14.3 Å². The highest BCUT2D eigenvalue weighted by Gasteiger charge is 2.66. The van der Waals surface area contributed by atoms with Crippen LogP contribution in [0.3, 0.4) is 0 Å². The van der Waals surface area contributed by atoms with Crippen LogP contribution in [0.4, 0.5) is 5.13 Å². The first-order chi connectivity index (χ1) is 12.0. The molecule has 3 aliphatic rings. The molecule has 1 aromatic rings. The van der Waals surface area contributed by atoms with Crippen molar-refractivity contribution in [3.63, 3.8) is 0 Å². The van der Waals surface area contributed by atoms with E-state index in [2.05, 4.69) is 15.5 Å². The van der Waals surface area contributed by atoms with Gasteiger partial charge in [-0.25, -0.2) is 0 Å². The number of anilines is 1. The summed E-state index contributed by atoms with van der Waals surface area (Å²) in [5, 5.41) is 11.8. The summed E-state index contributed by atoms with van der Waals surface area (Å²) in [5.41, 5.74) is 4.93. The van der Waals surface area contributed by atoms with Crippen LogP contribution in [0.5, 0.6) is 0 Å². The van der Waals surface area contributed by atoms with E-state index in [1.807, 2.05) is 24.0 Å². The van der Waals surface area contributed by atoms with Crippen molar-refractivity contribution in [3.8, 4) is 0 Å². The fourth-order valence-corrected chi connectivity index (χ4v) is 4.72. The van der Waals surface area contributed by atoms with E-state index >= 15 is 0 Å². The van der Waals surface area contributed by atoms with Crippen molar-refractivity contribution >= 4 is 28.3 Å². The topological polar surface area (TPSA) is 110 Å². The number of amides is 2. The van der Waals surface area contributed by atoms with Gasteiger partial charge in [0.25, 0.3) is 0 Å². The highest BCUT2D eigenvalue weighted by Crippen LogP contribution is 2.51. The van der Waals surface area contributed by atoms with Gasteiger partial charge in [-0.05, 0) is 6.42 Å². The number of fused-ring (bicyclic) bond motifs is 1. The Morgan fingerprint density at radius 1 is 1.56 bits per heavy atom. The first kappa shape index (κ1) is 16.5. The fraction of sp³-hybridized carbons (Fsp3) is 0.625. The van der Waals surface area contributed by atoms with E-state index in [9.17, 15) is 9.59 Å². The van der Waals surface area contributed by atoms with Crippen LogP contribution >= 0.6 is 11.3 Å². The fourth-order valence-electron chi connectivity index (χ4n) is 4.11. The number of hydrogen-bond acceptors (Lipinski definition) is 7. The van der Waals surface area contributed by atoms with Crippen LogP contribution in [0.2, 0.25) is 0 Å². The van der Waals surface area contributed by atoms with Gasteiger partial charge >= 0.3 is 0 Å². The maximum absolute atomic E-state index is 12.8. The van der Waals surface area contributed by atoms with Gasteiger partial charge in [0.05, 0.1) is 24.5 Å². The Morgan fingerprint density at radius 3 is 3.12 bits per heavy atom. The van der Waals surface area contributed by atoms with Crippen LogP contribution in [0.1, 0.15) is 18.4 Å². The molecule has 2 saturated heterocycles. The number of rotatable bonds is 6. The molecule has 1 aromatic heterocycles. The number of carbonyl (C=O) groups is 2. The summed E-state index contributed by atoms with van der Waals surface area (Å²) in [4.78, 5) is 27.3. The zero-order valence-corrected chi connectivity index (χ0v) is 14.8. The summed E-state index contributed by atoms with van der Waals surface area (Å²) < 4.78 is 6.06. The minimum Gasteiger partial charge on any atom is -0.374 e. The zero-order valence-electron chi connectivity index (χ0n) is 14.0. The van der Waals surface area contributed by atoms with Crippen molar-refractivity contribution in [1.29, 1.82) is 0 Å². The van der Waals surface area contributed by atoms with Crippen LogP contribution in [-0.4, -0.2) is 58.3 Å². The Kier molecular flexibility index (Phi) is 3.99. The zero-order chi connectivity index (χ0) is 17.6. The lowest BCUT2D eigenvalue weighted by Gasteiger charge is -2.23. The number of carbonyl (C=O) groups excluding carboxylic acids is 2. The molecule has 3 N–H and O–H groups in total. The molecule has 2 fully saturated rings. The van der Waals surface area contributed by atoms with Gasteiger partial charge in [-0.15, -0.1) is 10.2 Å². The van der Waals surface area contributed by atoms with Gasteiger partial charge in [-0.1, -0.05) is 30.4 Å². The van der Waals surface area contributed by atoms with Crippen LogP contribution in [0.15, 0.2) is 12.2 Å². The van der Waals surface area contributed by atoms with Crippen molar-refractivity contribution in [1.82, 2.24) is 20.4 Å². The van der Waals surface area contributed by atoms with Crippen LogP contribution in [-0.2, 0) is 20.7 Å². The SMILES string of the molecule is CCCN1C[C@]23C=C[C@H](O2)[C@H](C(=O)NCCc2nnc(N)s2)[C@@H]3C1=O. The summed E-state index contributed by atoms with van der Waals surface area (Å²) >= 11 is 1.31. The number of ether oxygens (including phenoxy) is 1. The van der Waals surface area contributed by atoms with E-state index in [4.69, 9.17) is 10.5 Å². The lowest BCUT2D eigenvalue weighted by molar-refractivity contribution is -0.137. The average Bonchev–Trinajstić information content (AvgIpc) is 3.30. The number of aromatic nitrogens is 2. The normalized spacial score (nSPS) is 32.4. The summed E-state index contributed by atoms with van der Waals surface area (Å²) in [6.45, 7) is 3.72. The van der Waals surface area contributed by atoms with E-state index in [1.54, 1.807) is 0 Å². The molecule has 0 aliphatic carbocycles. The highest BCUT2D eigenvalue weighted by molar-refractivity contribution is 7.15. The number of nitrogens with two attached hydrogens (primary N) is 1. The molecule has 0 saturated carbocycles. The minimum atomic E-state index is -0.618. The van der Waals surface area contributed by atoms with E-state index in [0.29, 0.717) is 31.2 Å². The predicted molar refractivity (Wildman–Crippen MR) is 91.6 cm³/mol. The summed E-state index contributed by atoms with van der Waals surface area (Å²) in [5.74, 6) is -0.971. The third-order valence-corrected chi connectivity index (χ3v) is 5.91. The molecule has 8 nitrogen and oxygen atoms in total. The van der Waals surface area contributed by atoms with Gasteiger partial charge in [0.1, 0.15) is 10.6 Å². The van der Waals surface area contributed by atoms with Gasteiger partial charge in [0.15, 0.2) is 0 Å². The maximum atomic E-state index is 12.8. The Morgan fingerprint density at radius 2 is 2.40 bits per heavy atom. The molecule has 25 heavy (non-hydrogen) atoms. The number of likely N-dealkylation sites (tertiary alicyclic amines) is 1. The Labute approximate surface area is 149 Å². The first-order valence-corrected chi connectivity index (χ1v) is 9.37. The molecular weight excluding hydrogens is 342 g/mol. The number of nitrogen functional groups attached to an aromatic ring is 1. The molecule has 2 amide bonds. The highest BCUT2D eigenvalue weighted by atomic mass is 32.1. The molecule has 1 spiro atoms. The third kappa shape index (κ3) is 2.62. The second-order valence-corrected chi connectivity index (χ2v) is 7.83. The van der Waals surface area contributed by atoms with Gasteiger partial charge < -0.3 is 20.7 Å². The minimum absolute atomic E-state index is 0.0331. The lowest BCUT2D eigenvalue weighted by atomic mass is 9.77. The van der Waals surface area contributed by atoms with Crippen molar-refractivity contribution in [3.05, 3.63) is 17.2 Å². The Hall–Kier alpha value is -2.00. The summed E-state index contributed by atoms with van der Waals surface area (Å²) in [6.07, 6.45) is 5.05. The second kappa shape index (κ2) is 6.06. The van der Waals surface area contributed by atoms with Crippen molar-refractivity contribution in [2.75, 3.05) is 25.4 Å². The maximum Gasteiger partial charge on any atom is 0.230 e. The van der Waals surface area contributed by atoms with Gasteiger partial charge in [-0.3, -0.25) is 9.59 Å². The average molecular weight is 363 g/mol. The summed E-state index contributed by atoms with van der Waals surface area (Å²) in [7, 11) is 0. The third-order valence-electron chi connectivity index (χ3n) is 5.10. The molecule has 0 unspecified atom stereocenters. The molecule has 4 heterocycles. The van der Waals surface area contributed by atoms with Crippen LogP contribution in [0.25, 0.3) is 0 Å². The lowest BCUT2D eigenvalue weighted by Crippen LogP contribution is -2.44. The molecule has 134 valence electrons. The molecule has 9 heteroatoms. The molecule has 3 aliphatic heterocycles. The predicted octanol–water partition coefficient (Wildman–Crippen LogP) is -0.0290. The number of nitrogens with one attached hydrogen (secondary N) is 1. The van der Waals surface area contributed by atoms with Crippen molar-refractivity contribution in [2.24, 2.45) is 11.8 Å². The van der Waals surface area contributed by atoms with Gasteiger partial charge in [0.2, 0.25) is 16.9 Å². The molecule has 4 atom stereocenters. The molecular formula is C16H21N5O3S. The largest absolute Gasteiger partial charge is 0.374 e. The van der Waals surface area contributed by atoms with E-state index < -0.39 is 17.4 Å². The Bertz CT molecular complexity index is 735. The van der Waals surface area contributed by atoms with E-state index in [1.165, 1.54) is 11.3 Å². The van der Waals surface area contributed by atoms with Crippen LogP contribution in [0, 0.1) is 11.8 Å². The van der Waals surface area contributed by atoms with E-state index in [0.717, 1.165) is 11.4 Å².